The molecule has 1 atom stereocenters. The SMILES string of the molecule is CCc1nc2n(n1)CC(Nc1ccc(S(=O)(=O)C(F)F)cc1)CC2. The van der Waals surface area contributed by atoms with Crippen LogP contribution in [0, 0.1) is 0 Å². The number of fused-ring (bicyclic) bond motifs is 1. The molecule has 0 saturated carbocycles. The molecule has 1 N–H and O–H groups in total. The van der Waals surface area contributed by atoms with E-state index in [-0.39, 0.29) is 10.9 Å². The largest absolute Gasteiger partial charge is 0.380 e. The summed E-state index contributed by atoms with van der Waals surface area (Å²) < 4.78 is 49.8. The third kappa shape index (κ3) is 3.26. The second-order valence-electron chi connectivity index (χ2n) is 5.69. The Morgan fingerprint density at radius 2 is 2.04 bits per heavy atom. The molecule has 0 amide bonds. The molecule has 0 radical (unpaired) electrons. The van der Waals surface area contributed by atoms with Crippen LogP contribution in [0.4, 0.5) is 14.5 Å². The van der Waals surface area contributed by atoms with E-state index in [0.717, 1.165) is 30.9 Å². The van der Waals surface area contributed by atoms with E-state index in [1.807, 2.05) is 11.6 Å². The number of alkyl halides is 2. The van der Waals surface area contributed by atoms with Gasteiger partial charge in [-0.1, -0.05) is 6.92 Å². The number of sulfone groups is 1. The average Bonchev–Trinajstić information content (AvgIpc) is 2.97. The Kier molecular flexibility index (Phi) is 4.53. The van der Waals surface area contributed by atoms with E-state index >= 15 is 0 Å². The number of nitrogens with one attached hydrogen (secondary N) is 1. The maximum atomic E-state index is 12.5. The minimum atomic E-state index is -4.55. The maximum Gasteiger partial charge on any atom is 0.341 e. The number of hydrogen-bond acceptors (Lipinski definition) is 5. The molecule has 0 fully saturated rings. The number of benzene rings is 1. The molecular weight excluding hydrogens is 338 g/mol. The number of hydrogen-bond donors (Lipinski definition) is 1. The zero-order valence-electron chi connectivity index (χ0n) is 13.1. The first-order chi connectivity index (χ1) is 11.4. The minimum absolute atomic E-state index is 0.126. The number of aryl methyl sites for hydroxylation is 2. The number of nitrogens with zero attached hydrogens (tertiary/aromatic N) is 3. The number of aromatic nitrogens is 3. The quantitative estimate of drug-likeness (QED) is 0.889. The van der Waals surface area contributed by atoms with Gasteiger partial charge < -0.3 is 5.32 Å². The monoisotopic (exact) mass is 356 g/mol. The molecule has 1 unspecified atom stereocenters. The standard InChI is InChI=1S/C15H18F2N4O2S/c1-2-13-19-14-8-5-11(9-21(14)20-13)18-10-3-6-12(7-4-10)24(22,23)15(16)17/h3-4,6-7,11,15,18H,2,5,8-9H2,1H3. The number of rotatable bonds is 5. The molecule has 1 aliphatic rings. The Labute approximate surface area is 138 Å². The van der Waals surface area contributed by atoms with E-state index in [2.05, 4.69) is 15.4 Å². The van der Waals surface area contributed by atoms with Gasteiger partial charge in [-0.05, 0) is 30.7 Å². The van der Waals surface area contributed by atoms with E-state index in [1.165, 1.54) is 24.3 Å². The van der Waals surface area contributed by atoms with Crippen molar-refractivity contribution in [2.45, 2.75) is 49.4 Å². The van der Waals surface area contributed by atoms with Gasteiger partial charge >= 0.3 is 5.76 Å². The summed E-state index contributed by atoms with van der Waals surface area (Å²) >= 11 is 0. The lowest BCUT2D eigenvalue weighted by molar-refractivity contribution is 0.234. The number of halogens is 2. The van der Waals surface area contributed by atoms with Crippen molar-refractivity contribution in [3.63, 3.8) is 0 Å². The van der Waals surface area contributed by atoms with E-state index in [1.54, 1.807) is 0 Å². The molecule has 0 spiro atoms. The van der Waals surface area contributed by atoms with Gasteiger partial charge in [0, 0.05) is 24.6 Å². The van der Waals surface area contributed by atoms with Crippen LogP contribution in [0.25, 0.3) is 0 Å². The zero-order valence-corrected chi connectivity index (χ0v) is 13.9. The molecule has 0 bridgehead atoms. The Morgan fingerprint density at radius 3 is 2.67 bits per heavy atom. The van der Waals surface area contributed by atoms with E-state index in [0.29, 0.717) is 12.2 Å². The minimum Gasteiger partial charge on any atom is -0.380 e. The van der Waals surface area contributed by atoms with Gasteiger partial charge in [0.1, 0.15) is 5.82 Å². The predicted octanol–water partition coefficient (Wildman–Crippen LogP) is 2.26. The summed E-state index contributed by atoms with van der Waals surface area (Å²) in [6, 6.07) is 5.53. The van der Waals surface area contributed by atoms with Crippen molar-refractivity contribution >= 4 is 15.5 Å². The van der Waals surface area contributed by atoms with Gasteiger partial charge in [0.15, 0.2) is 5.82 Å². The zero-order chi connectivity index (χ0) is 17.3. The van der Waals surface area contributed by atoms with Crippen LogP contribution in [-0.4, -0.2) is 35.0 Å². The first-order valence-electron chi connectivity index (χ1n) is 7.71. The summed E-state index contributed by atoms with van der Waals surface area (Å²) in [7, 11) is -4.55. The molecule has 1 aliphatic heterocycles. The van der Waals surface area contributed by atoms with Crippen LogP contribution in [-0.2, 0) is 29.2 Å². The van der Waals surface area contributed by atoms with Gasteiger partial charge in [-0.3, -0.25) is 0 Å². The highest BCUT2D eigenvalue weighted by atomic mass is 32.2. The molecule has 2 aromatic rings. The molecule has 24 heavy (non-hydrogen) atoms. The van der Waals surface area contributed by atoms with Crippen molar-refractivity contribution in [1.29, 1.82) is 0 Å². The Bertz CT molecular complexity index is 818. The van der Waals surface area contributed by atoms with Crippen molar-refractivity contribution in [3.8, 4) is 0 Å². The van der Waals surface area contributed by atoms with Crippen molar-refractivity contribution in [3.05, 3.63) is 35.9 Å². The van der Waals surface area contributed by atoms with Gasteiger partial charge in [0.2, 0.25) is 9.84 Å². The topological polar surface area (TPSA) is 76.9 Å². The van der Waals surface area contributed by atoms with Crippen LogP contribution in [0.1, 0.15) is 25.0 Å². The molecule has 6 nitrogen and oxygen atoms in total. The third-order valence-electron chi connectivity index (χ3n) is 4.01. The van der Waals surface area contributed by atoms with Crippen LogP contribution in [0.15, 0.2) is 29.2 Å². The van der Waals surface area contributed by atoms with Gasteiger partial charge in [0.05, 0.1) is 11.4 Å². The summed E-state index contributed by atoms with van der Waals surface area (Å²) in [4.78, 5) is 4.08. The van der Waals surface area contributed by atoms with E-state index in [4.69, 9.17) is 0 Å². The first-order valence-corrected chi connectivity index (χ1v) is 9.26. The molecule has 0 saturated heterocycles. The molecule has 1 aromatic heterocycles. The summed E-state index contributed by atoms with van der Waals surface area (Å²) in [5.74, 6) is -1.61. The smallest absolute Gasteiger partial charge is 0.341 e. The predicted molar refractivity (Wildman–Crippen MR) is 84.8 cm³/mol. The fourth-order valence-corrected chi connectivity index (χ4v) is 3.43. The lowest BCUT2D eigenvalue weighted by atomic mass is 10.1. The summed E-state index contributed by atoms with van der Waals surface area (Å²) in [6.45, 7) is 2.67. The van der Waals surface area contributed by atoms with E-state index in [9.17, 15) is 17.2 Å². The van der Waals surface area contributed by atoms with Crippen molar-refractivity contribution in [2.75, 3.05) is 5.32 Å². The second kappa shape index (κ2) is 6.46. The highest BCUT2D eigenvalue weighted by Gasteiger charge is 2.26. The maximum absolute atomic E-state index is 12.5. The van der Waals surface area contributed by atoms with Gasteiger partial charge in [-0.2, -0.15) is 13.9 Å². The first kappa shape index (κ1) is 16.8. The number of anilines is 1. The van der Waals surface area contributed by atoms with Crippen molar-refractivity contribution < 1.29 is 17.2 Å². The second-order valence-corrected chi connectivity index (χ2v) is 7.61. The van der Waals surface area contributed by atoms with Crippen molar-refractivity contribution in [1.82, 2.24) is 14.8 Å². The third-order valence-corrected chi connectivity index (χ3v) is 5.40. The van der Waals surface area contributed by atoms with Gasteiger partial charge in [0.25, 0.3) is 0 Å². The fraction of sp³-hybridized carbons (Fsp3) is 0.467. The fourth-order valence-electron chi connectivity index (χ4n) is 2.71. The summed E-state index contributed by atoms with van der Waals surface area (Å²) in [5.41, 5.74) is 0.687. The Morgan fingerprint density at radius 1 is 1.33 bits per heavy atom. The van der Waals surface area contributed by atoms with Crippen molar-refractivity contribution in [2.24, 2.45) is 0 Å². The van der Waals surface area contributed by atoms with Crippen LogP contribution in [0.2, 0.25) is 0 Å². The van der Waals surface area contributed by atoms with Crippen LogP contribution in [0.5, 0.6) is 0 Å². The highest BCUT2D eigenvalue weighted by Crippen LogP contribution is 2.22. The molecular formula is C15H18F2N4O2S. The van der Waals surface area contributed by atoms with Gasteiger partial charge in [-0.15, -0.1) is 0 Å². The molecule has 2 heterocycles. The van der Waals surface area contributed by atoms with Crippen LogP contribution in [0.3, 0.4) is 0 Å². The molecule has 130 valence electrons. The molecule has 1 aromatic carbocycles. The van der Waals surface area contributed by atoms with Crippen LogP contribution < -0.4 is 5.32 Å². The highest BCUT2D eigenvalue weighted by molar-refractivity contribution is 7.91. The summed E-state index contributed by atoms with van der Waals surface area (Å²) in [5, 5.41) is 7.72. The lowest BCUT2D eigenvalue weighted by Gasteiger charge is -2.24. The molecule has 9 heteroatoms. The van der Waals surface area contributed by atoms with Gasteiger partial charge in [-0.25, -0.2) is 18.1 Å². The normalized spacial score (nSPS) is 17.8. The lowest BCUT2D eigenvalue weighted by Crippen LogP contribution is -2.31. The molecule has 3 rings (SSSR count). The Balaban J connectivity index is 1.69. The molecule has 0 aliphatic carbocycles. The summed E-state index contributed by atoms with van der Waals surface area (Å²) in [6.07, 6.45) is 2.47. The van der Waals surface area contributed by atoms with E-state index < -0.39 is 15.6 Å². The Hall–Kier alpha value is -2.03. The van der Waals surface area contributed by atoms with Crippen LogP contribution >= 0.6 is 0 Å². The average molecular weight is 356 g/mol.